The molecule has 1 fully saturated rings. The molecule has 1 aliphatic rings. The van der Waals surface area contributed by atoms with Gasteiger partial charge in [-0.2, -0.15) is 0 Å². The Hall–Kier alpha value is -0.610. The van der Waals surface area contributed by atoms with E-state index in [1.807, 2.05) is 6.92 Å². The lowest BCUT2D eigenvalue weighted by Crippen LogP contribution is -2.57. The van der Waals surface area contributed by atoms with Crippen LogP contribution < -0.4 is 10.6 Å². The molecule has 112 valence electrons. The summed E-state index contributed by atoms with van der Waals surface area (Å²) in [4.78, 5) is 14.6. The van der Waals surface area contributed by atoms with Crippen LogP contribution in [0.3, 0.4) is 0 Å². The Kier molecular flexibility index (Phi) is 6.27. The van der Waals surface area contributed by atoms with Crippen molar-refractivity contribution in [3.8, 4) is 0 Å². The third-order valence-corrected chi connectivity index (χ3v) is 4.10. The number of carbonyl (C=O) groups is 1. The SMILES string of the molecule is CC(C)N(CCNC(=O)C1(C)CCCCN1)C(C)C. The van der Waals surface area contributed by atoms with E-state index >= 15 is 0 Å². The normalized spacial score (nSPS) is 24.2. The molecule has 4 nitrogen and oxygen atoms in total. The average Bonchev–Trinajstić information content (AvgIpc) is 2.34. The van der Waals surface area contributed by atoms with E-state index in [4.69, 9.17) is 0 Å². The Balaban J connectivity index is 2.37. The second-order valence-corrected chi connectivity index (χ2v) is 6.40. The van der Waals surface area contributed by atoms with Crippen LogP contribution in [0.25, 0.3) is 0 Å². The first-order valence-electron chi connectivity index (χ1n) is 7.66. The highest BCUT2D eigenvalue weighted by atomic mass is 16.2. The van der Waals surface area contributed by atoms with E-state index < -0.39 is 0 Å². The molecule has 0 bridgehead atoms. The van der Waals surface area contributed by atoms with E-state index in [1.54, 1.807) is 0 Å². The summed E-state index contributed by atoms with van der Waals surface area (Å²) in [5, 5.41) is 6.44. The smallest absolute Gasteiger partial charge is 0.240 e. The Morgan fingerprint density at radius 2 is 1.89 bits per heavy atom. The van der Waals surface area contributed by atoms with Gasteiger partial charge in [0.25, 0.3) is 0 Å². The summed E-state index contributed by atoms with van der Waals surface area (Å²) in [5.41, 5.74) is -0.362. The number of hydrogen-bond acceptors (Lipinski definition) is 3. The molecule has 0 aliphatic carbocycles. The summed E-state index contributed by atoms with van der Waals surface area (Å²) in [6.07, 6.45) is 3.26. The summed E-state index contributed by atoms with van der Waals surface area (Å²) >= 11 is 0. The van der Waals surface area contributed by atoms with Gasteiger partial charge in [0.15, 0.2) is 0 Å². The number of rotatable bonds is 6. The van der Waals surface area contributed by atoms with Gasteiger partial charge in [0, 0.05) is 25.2 Å². The van der Waals surface area contributed by atoms with Crippen molar-refractivity contribution >= 4 is 5.91 Å². The topological polar surface area (TPSA) is 44.4 Å². The first-order valence-corrected chi connectivity index (χ1v) is 7.66. The predicted molar refractivity (Wildman–Crippen MR) is 80.2 cm³/mol. The largest absolute Gasteiger partial charge is 0.353 e. The minimum Gasteiger partial charge on any atom is -0.353 e. The maximum Gasteiger partial charge on any atom is 0.240 e. The highest BCUT2D eigenvalue weighted by molar-refractivity contribution is 5.85. The molecule has 1 amide bonds. The number of hydrogen-bond donors (Lipinski definition) is 2. The summed E-state index contributed by atoms with van der Waals surface area (Å²) in [7, 11) is 0. The average molecular weight is 269 g/mol. The molecule has 0 saturated carbocycles. The van der Waals surface area contributed by atoms with Crippen molar-refractivity contribution in [3.05, 3.63) is 0 Å². The molecule has 0 aromatic heterocycles. The lowest BCUT2D eigenvalue weighted by Gasteiger charge is -2.34. The Morgan fingerprint density at radius 1 is 1.26 bits per heavy atom. The number of piperidine rings is 1. The molecule has 2 N–H and O–H groups in total. The fraction of sp³-hybridized carbons (Fsp3) is 0.933. The van der Waals surface area contributed by atoms with Crippen LogP contribution >= 0.6 is 0 Å². The van der Waals surface area contributed by atoms with Gasteiger partial charge in [-0.25, -0.2) is 0 Å². The lowest BCUT2D eigenvalue weighted by atomic mass is 9.90. The summed E-state index contributed by atoms with van der Waals surface area (Å²) in [6, 6.07) is 1.03. The van der Waals surface area contributed by atoms with Gasteiger partial charge in [-0.15, -0.1) is 0 Å². The summed E-state index contributed by atoms with van der Waals surface area (Å²) in [6.45, 7) is 13.4. The molecule has 4 heteroatoms. The molecule has 1 unspecified atom stereocenters. The van der Waals surface area contributed by atoms with Crippen LogP contribution in [0, 0.1) is 0 Å². The van der Waals surface area contributed by atoms with Gasteiger partial charge < -0.3 is 10.6 Å². The van der Waals surface area contributed by atoms with Gasteiger partial charge in [-0.05, 0) is 60.4 Å². The van der Waals surface area contributed by atoms with Crippen molar-refractivity contribution < 1.29 is 4.79 Å². The molecular weight excluding hydrogens is 238 g/mol. The monoisotopic (exact) mass is 269 g/mol. The van der Waals surface area contributed by atoms with Crippen molar-refractivity contribution in [2.75, 3.05) is 19.6 Å². The Labute approximate surface area is 118 Å². The van der Waals surface area contributed by atoms with Crippen molar-refractivity contribution in [2.45, 2.75) is 71.5 Å². The molecule has 1 atom stereocenters. The second kappa shape index (κ2) is 7.25. The molecule has 0 radical (unpaired) electrons. The van der Waals surface area contributed by atoms with Crippen LogP contribution in [0.4, 0.5) is 0 Å². The van der Waals surface area contributed by atoms with Crippen LogP contribution in [-0.2, 0) is 4.79 Å². The molecule has 1 rings (SSSR count). The van der Waals surface area contributed by atoms with Gasteiger partial charge in [0.05, 0.1) is 5.54 Å². The predicted octanol–water partition coefficient (Wildman–Crippen LogP) is 1.75. The van der Waals surface area contributed by atoms with Gasteiger partial charge >= 0.3 is 0 Å². The zero-order valence-corrected chi connectivity index (χ0v) is 13.3. The number of amides is 1. The van der Waals surface area contributed by atoms with E-state index in [-0.39, 0.29) is 11.4 Å². The summed E-state index contributed by atoms with van der Waals surface area (Å²) in [5.74, 6) is 0.152. The van der Waals surface area contributed by atoms with Crippen LogP contribution in [0.15, 0.2) is 0 Å². The second-order valence-electron chi connectivity index (χ2n) is 6.40. The van der Waals surface area contributed by atoms with Crippen molar-refractivity contribution in [1.29, 1.82) is 0 Å². The van der Waals surface area contributed by atoms with E-state index in [2.05, 4.69) is 43.2 Å². The van der Waals surface area contributed by atoms with E-state index in [0.717, 1.165) is 32.5 Å². The van der Waals surface area contributed by atoms with Gasteiger partial charge in [-0.1, -0.05) is 0 Å². The molecule has 19 heavy (non-hydrogen) atoms. The summed E-state index contributed by atoms with van der Waals surface area (Å²) < 4.78 is 0. The quantitative estimate of drug-likeness (QED) is 0.772. The first kappa shape index (κ1) is 16.4. The number of nitrogens with one attached hydrogen (secondary N) is 2. The van der Waals surface area contributed by atoms with Gasteiger partial charge in [-0.3, -0.25) is 9.69 Å². The third-order valence-electron chi connectivity index (χ3n) is 4.10. The Bertz CT molecular complexity index is 275. The molecule has 0 aromatic rings. The van der Waals surface area contributed by atoms with E-state index in [1.165, 1.54) is 6.42 Å². The maximum absolute atomic E-state index is 12.2. The highest BCUT2D eigenvalue weighted by Crippen LogP contribution is 2.18. The number of carbonyl (C=O) groups excluding carboxylic acids is 1. The highest BCUT2D eigenvalue weighted by Gasteiger charge is 2.33. The standard InChI is InChI=1S/C15H31N3O/c1-12(2)18(13(3)4)11-10-16-14(19)15(5)8-6-7-9-17-15/h12-13,17H,6-11H2,1-5H3,(H,16,19). The zero-order chi connectivity index (χ0) is 14.5. The minimum atomic E-state index is -0.362. The van der Waals surface area contributed by atoms with Gasteiger partial charge in [0.1, 0.15) is 0 Å². The lowest BCUT2D eigenvalue weighted by molar-refractivity contribution is -0.128. The Morgan fingerprint density at radius 3 is 2.37 bits per heavy atom. The maximum atomic E-state index is 12.2. The molecule has 0 aromatic carbocycles. The van der Waals surface area contributed by atoms with Gasteiger partial charge in [0.2, 0.25) is 5.91 Å². The minimum absolute atomic E-state index is 0.152. The molecular formula is C15H31N3O. The zero-order valence-electron chi connectivity index (χ0n) is 13.3. The molecule has 0 spiro atoms. The van der Waals surface area contributed by atoms with Crippen LogP contribution in [0.1, 0.15) is 53.9 Å². The van der Waals surface area contributed by atoms with Crippen LogP contribution in [-0.4, -0.2) is 48.1 Å². The fourth-order valence-electron chi connectivity index (χ4n) is 2.86. The van der Waals surface area contributed by atoms with E-state index in [9.17, 15) is 4.79 Å². The first-order chi connectivity index (χ1) is 8.87. The third kappa shape index (κ3) is 4.77. The number of nitrogens with zero attached hydrogens (tertiary/aromatic N) is 1. The molecule has 1 saturated heterocycles. The fourth-order valence-corrected chi connectivity index (χ4v) is 2.86. The van der Waals surface area contributed by atoms with Crippen molar-refractivity contribution in [3.63, 3.8) is 0 Å². The van der Waals surface area contributed by atoms with E-state index in [0.29, 0.717) is 12.1 Å². The van der Waals surface area contributed by atoms with Crippen molar-refractivity contribution in [2.24, 2.45) is 0 Å². The van der Waals surface area contributed by atoms with Crippen LogP contribution in [0.2, 0.25) is 0 Å². The molecule has 1 aliphatic heterocycles. The van der Waals surface area contributed by atoms with Crippen LogP contribution in [0.5, 0.6) is 0 Å². The molecule has 1 heterocycles. The van der Waals surface area contributed by atoms with Crippen molar-refractivity contribution in [1.82, 2.24) is 15.5 Å².